The van der Waals surface area contributed by atoms with Gasteiger partial charge in [-0.15, -0.1) is 0 Å². The third-order valence-corrected chi connectivity index (χ3v) is 8.96. The Morgan fingerprint density at radius 3 is 1.05 bits per heavy atom. The highest BCUT2D eigenvalue weighted by atomic mass is 28.3. The van der Waals surface area contributed by atoms with Crippen LogP contribution in [0.2, 0.25) is 16.6 Å². The largest absolute Gasteiger partial charge is 0.0654 e. The Balaban J connectivity index is 4.50. The van der Waals surface area contributed by atoms with Crippen LogP contribution in [0.25, 0.3) is 0 Å². The van der Waals surface area contributed by atoms with Gasteiger partial charge in [0.2, 0.25) is 0 Å². The van der Waals surface area contributed by atoms with Gasteiger partial charge >= 0.3 is 0 Å². The maximum absolute atomic E-state index is 2.56. The summed E-state index contributed by atoms with van der Waals surface area (Å²) in [6.45, 7) is 14.7. The first kappa shape index (κ1) is 19.2. The first-order valence-corrected chi connectivity index (χ1v) is 10.7. The number of hydrogen-bond donors (Lipinski definition) is 0. The first-order valence-electron chi connectivity index (χ1n) is 8.94. The van der Waals surface area contributed by atoms with Crippen LogP contribution in [0.3, 0.4) is 0 Å². The summed E-state index contributed by atoms with van der Waals surface area (Å²) in [6.07, 6.45) is 12.9. The molecule has 0 aromatic rings. The molecule has 1 radical (unpaired) electrons. The van der Waals surface area contributed by atoms with E-state index in [1.165, 1.54) is 57.8 Å². The summed E-state index contributed by atoms with van der Waals surface area (Å²) in [7, 11) is -0.195. The van der Waals surface area contributed by atoms with Crippen molar-refractivity contribution in [3.63, 3.8) is 0 Å². The van der Waals surface area contributed by atoms with E-state index in [4.69, 9.17) is 0 Å². The van der Waals surface area contributed by atoms with Crippen molar-refractivity contribution in [3.8, 4) is 0 Å². The first-order chi connectivity index (χ1) is 9.08. The molecule has 0 heterocycles. The van der Waals surface area contributed by atoms with Gasteiger partial charge in [0.25, 0.3) is 0 Å². The average molecular weight is 284 g/mol. The molecule has 0 N–H and O–H groups in total. The Hall–Kier alpha value is 0.217. The van der Waals surface area contributed by atoms with Gasteiger partial charge in [-0.3, -0.25) is 0 Å². The second-order valence-corrected chi connectivity index (χ2v) is 10.6. The standard InChI is InChI=1S/C18H39Si/c1-7-10-13-16(4)19(17(5)14-11-8-2)18(6)15-12-9-3/h16-18H,7-15H2,1-6H3. The minimum atomic E-state index is -0.195. The van der Waals surface area contributed by atoms with Gasteiger partial charge in [-0.05, 0) is 16.6 Å². The molecule has 0 aromatic heterocycles. The third-order valence-electron chi connectivity index (χ3n) is 4.68. The molecule has 3 unspecified atom stereocenters. The van der Waals surface area contributed by atoms with Gasteiger partial charge in [-0.2, -0.15) is 0 Å². The molecule has 19 heavy (non-hydrogen) atoms. The second-order valence-electron chi connectivity index (χ2n) is 6.63. The van der Waals surface area contributed by atoms with Crippen LogP contribution in [0.1, 0.15) is 99.3 Å². The average Bonchev–Trinajstić information content (AvgIpc) is 2.40. The SMILES string of the molecule is CCCCC(C)[Si](C(C)CCCC)C(C)CCCC. The van der Waals surface area contributed by atoms with Crippen molar-refractivity contribution in [1.82, 2.24) is 0 Å². The maximum atomic E-state index is 2.56. The molecule has 0 saturated heterocycles. The van der Waals surface area contributed by atoms with Gasteiger partial charge in [0.1, 0.15) is 0 Å². The van der Waals surface area contributed by atoms with Crippen molar-refractivity contribution in [2.45, 2.75) is 116 Å². The maximum Gasteiger partial charge on any atom is 0.0570 e. The number of hydrogen-bond acceptors (Lipinski definition) is 0. The molecule has 0 aliphatic carbocycles. The summed E-state index contributed by atoms with van der Waals surface area (Å²) in [5.41, 5.74) is 3.05. The highest BCUT2D eigenvalue weighted by molar-refractivity contribution is 6.63. The molecule has 0 aliphatic rings. The predicted molar refractivity (Wildman–Crippen MR) is 92.6 cm³/mol. The van der Waals surface area contributed by atoms with Crippen molar-refractivity contribution in [1.29, 1.82) is 0 Å². The van der Waals surface area contributed by atoms with Crippen molar-refractivity contribution in [3.05, 3.63) is 0 Å². The molecule has 0 bridgehead atoms. The molecule has 3 atom stereocenters. The molecule has 115 valence electrons. The van der Waals surface area contributed by atoms with E-state index in [0.717, 1.165) is 16.6 Å². The molecular weight excluding hydrogens is 244 g/mol. The van der Waals surface area contributed by atoms with Crippen LogP contribution in [0.4, 0.5) is 0 Å². The van der Waals surface area contributed by atoms with Gasteiger partial charge in [0, 0.05) is 0 Å². The smallest absolute Gasteiger partial charge is 0.0570 e. The Morgan fingerprint density at radius 1 is 0.579 bits per heavy atom. The summed E-state index contributed by atoms with van der Waals surface area (Å²) in [5.74, 6) is 0. The van der Waals surface area contributed by atoms with Gasteiger partial charge in [-0.25, -0.2) is 0 Å². The zero-order valence-corrected chi connectivity index (χ0v) is 15.6. The van der Waals surface area contributed by atoms with E-state index in [1.54, 1.807) is 0 Å². The minimum Gasteiger partial charge on any atom is -0.0654 e. The minimum absolute atomic E-state index is 0.195. The van der Waals surface area contributed by atoms with Crippen LogP contribution in [-0.4, -0.2) is 8.80 Å². The molecule has 0 aromatic carbocycles. The zero-order valence-electron chi connectivity index (χ0n) is 14.6. The van der Waals surface area contributed by atoms with Gasteiger partial charge < -0.3 is 0 Å². The van der Waals surface area contributed by atoms with E-state index < -0.39 is 0 Å². The van der Waals surface area contributed by atoms with Gasteiger partial charge in [0.15, 0.2) is 0 Å². The number of unbranched alkanes of at least 4 members (excludes halogenated alkanes) is 3. The van der Waals surface area contributed by atoms with Crippen molar-refractivity contribution in [2.24, 2.45) is 0 Å². The van der Waals surface area contributed by atoms with E-state index in [-0.39, 0.29) is 8.80 Å². The molecule has 0 amide bonds. The molecule has 0 aliphatic heterocycles. The fourth-order valence-corrected chi connectivity index (χ4v) is 8.01. The predicted octanol–water partition coefficient (Wildman–Crippen LogP) is 7.22. The lowest BCUT2D eigenvalue weighted by atomic mass is 10.2. The molecule has 0 spiro atoms. The lowest BCUT2D eigenvalue weighted by Gasteiger charge is -2.33. The molecule has 0 rings (SSSR count). The van der Waals surface area contributed by atoms with Crippen molar-refractivity contribution in [2.75, 3.05) is 0 Å². The Bertz CT molecular complexity index is 157. The summed E-state index contributed by atoms with van der Waals surface area (Å²) in [5, 5.41) is 0. The van der Waals surface area contributed by atoms with Gasteiger partial charge in [0.05, 0.1) is 8.80 Å². The fourth-order valence-electron chi connectivity index (χ4n) is 3.49. The quantitative estimate of drug-likeness (QED) is 0.332. The normalized spacial score (nSPS) is 16.6. The molecule has 1 heteroatoms. The summed E-state index contributed by atoms with van der Waals surface area (Å²) in [4.78, 5) is 0. The van der Waals surface area contributed by atoms with E-state index in [9.17, 15) is 0 Å². The Morgan fingerprint density at radius 2 is 0.842 bits per heavy atom. The van der Waals surface area contributed by atoms with Crippen LogP contribution in [0, 0.1) is 0 Å². The number of rotatable bonds is 12. The topological polar surface area (TPSA) is 0 Å². The molecular formula is C18H39Si. The zero-order chi connectivity index (χ0) is 14.7. The van der Waals surface area contributed by atoms with Crippen LogP contribution < -0.4 is 0 Å². The van der Waals surface area contributed by atoms with Gasteiger partial charge in [-0.1, -0.05) is 99.3 Å². The van der Waals surface area contributed by atoms with E-state index in [2.05, 4.69) is 41.5 Å². The van der Waals surface area contributed by atoms with Crippen molar-refractivity contribution >= 4 is 8.80 Å². The lowest BCUT2D eigenvalue weighted by molar-refractivity contribution is 0.612. The Kier molecular flexibility index (Phi) is 12.1. The van der Waals surface area contributed by atoms with Crippen LogP contribution in [-0.2, 0) is 0 Å². The molecule has 0 fully saturated rings. The monoisotopic (exact) mass is 283 g/mol. The summed E-state index contributed by atoms with van der Waals surface area (Å²) in [6, 6.07) is 0. The fraction of sp³-hybridized carbons (Fsp3) is 1.00. The third kappa shape index (κ3) is 8.17. The van der Waals surface area contributed by atoms with E-state index in [1.807, 2.05) is 0 Å². The summed E-state index contributed by atoms with van der Waals surface area (Å²) < 4.78 is 0. The van der Waals surface area contributed by atoms with Crippen LogP contribution in [0.5, 0.6) is 0 Å². The van der Waals surface area contributed by atoms with E-state index >= 15 is 0 Å². The van der Waals surface area contributed by atoms with Crippen molar-refractivity contribution < 1.29 is 0 Å². The summed E-state index contributed by atoms with van der Waals surface area (Å²) >= 11 is 0. The molecule has 0 nitrogen and oxygen atoms in total. The second kappa shape index (κ2) is 12.0. The van der Waals surface area contributed by atoms with E-state index in [0.29, 0.717) is 0 Å². The van der Waals surface area contributed by atoms with Crippen LogP contribution in [0.15, 0.2) is 0 Å². The lowest BCUT2D eigenvalue weighted by Crippen LogP contribution is -2.29. The Labute approximate surface area is 125 Å². The highest BCUT2D eigenvalue weighted by Crippen LogP contribution is 2.38. The highest BCUT2D eigenvalue weighted by Gasteiger charge is 2.29. The van der Waals surface area contributed by atoms with Crippen LogP contribution >= 0.6 is 0 Å². The molecule has 0 saturated carbocycles.